The lowest BCUT2D eigenvalue weighted by Gasteiger charge is -2.18. The zero-order chi connectivity index (χ0) is 19.8. The van der Waals surface area contributed by atoms with Crippen LogP contribution in [0.5, 0.6) is 0 Å². The standard InChI is InChI=1S/C19H19ClN2O4S/c1-12(18(24)22-19(21)25)26-16(23)11-27-17(13-5-3-2-4-6-13)14-7-9-15(20)10-8-14/h2-10,12,17H,11H2,1H3,(H3,21,22,24,25)/t12-,17-/m0/s1. The largest absolute Gasteiger partial charge is 0.452 e. The third-order valence-electron chi connectivity index (χ3n) is 3.57. The first kappa shape index (κ1) is 20.8. The van der Waals surface area contributed by atoms with Crippen LogP contribution >= 0.6 is 23.4 Å². The van der Waals surface area contributed by atoms with Crippen LogP contribution in [-0.4, -0.2) is 29.8 Å². The number of urea groups is 1. The Morgan fingerprint density at radius 2 is 1.67 bits per heavy atom. The summed E-state index contributed by atoms with van der Waals surface area (Å²) in [6.45, 7) is 1.37. The summed E-state index contributed by atoms with van der Waals surface area (Å²) in [4.78, 5) is 34.4. The SMILES string of the molecule is C[C@H](OC(=O)CS[C@@H](c1ccccc1)c1ccc(Cl)cc1)C(=O)NC(N)=O. The highest BCUT2D eigenvalue weighted by molar-refractivity contribution is 8.00. The minimum Gasteiger partial charge on any atom is -0.452 e. The summed E-state index contributed by atoms with van der Waals surface area (Å²) in [6, 6.07) is 16.1. The number of carbonyl (C=O) groups excluding carboxylic acids is 3. The van der Waals surface area contributed by atoms with E-state index in [1.54, 1.807) is 12.1 Å². The lowest BCUT2D eigenvalue weighted by Crippen LogP contribution is -2.42. The van der Waals surface area contributed by atoms with Crippen molar-refractivity contribution in [3.05, 3.63) is 70.7 Å². The number of imide groups is 1. The molecule has 0 unspecified atom stereocenters. The van der Waals surface area contributed by atoms with Crippen molar-refractivity contribution < 1.29 is 19.1 Å². The second kappa shape index (κ2) is 9.99. The van der Waals surface area contributed by atoms with Crippen molar-refractivity contribution >= 4 is 41.3 Å². The summed E-state index contributed by atoms with van der Waals surface area (Å²) in [6.07, 6.45) is -1.11. The van der Waals surface area contributed by atoms with Crippen LogP contribution in [0.25, 0.3) is 0 Å². The molecule has 0 saturated carbocycles. The molecule has 3 N–H and O–H groups in total. The van der Waals surface area contributed by atoms with Crippen LogP contribution < -0.4 is 11.1 Å². The molecule has 0 aliphatic heterocycles. The lowest BCUT2D eigenvalue weighted by molar-refractivity contribution is -0.151. The fourth-order valence-electron chi connectivity index (χ4n) is 2.31. The number of primary amides is 1. The van der Waals surface area contributed by atoms with Crippen LogP contribution in [0, 0.1) is 0 Å². The zero-order valence-electron chi connectivity index (χ0n) is 14.6. The Balaban J connectivity index is 2.03. The van der Waals surface area contributed by atoms with Crippen molar-refractivity contribution in [2.24, 2.45) is 5.73 Å². The molecule has 0 aromatic heterocycles. The number of hydrogen-bond donors (Lipinski definition) is 2. The van der Waals surface area contributed by atoms with E-state index in [0.29, 0.717) is 5.02 Å². The number of carbonyl (C=O) groups is 3. The maximum absolute atomic E-state index is 12.1. The first-order valence-corrected chi connectivity index (χ1v) is 9.51. The molecule has 27 heavy (non-hydrogen) atoms. The van der Waals surface area contributed by atoms with E-state index >= 15 is 0 Å². The first-order valence-electron chi connectivity index (χ1n) is 8.08. The Labute approximate surface area is 166 Å². The predicted molar refractivity (Wildman–Crippen MR) is 105 cm³/mol. The molecular formula is C19H19ClN2O4S. The molecule has 6 nitrogen and oxygen atoms in total. The average molecular weight is 407 g/mol. The number of rotatable bonds is 7. The Kier molecular flexibility index (Phi) is 7.69. The molecular weight excluding hydrogens is 388 g/mol. The summed E-state index contributed by atoms with van der Waals surface area (Å²) in [5.74, 6) is -1.31. The van der Waals surface area contributed by atoms with E-state index in [9.17, 15) is 14.4 Å². The number of nitrogens with two attached hydrogens (primary N) is 1. The molecule has 2 atom stereocenters. The molecule has 0 spiro atoms. The Hall–Kier alpha value is -2.51. The van der Waals surface area contributed by atoms with Gasteiger partial charge in [0, 0.05) is 5.02 Å². The molecule has 0 bridgehead atoms. The van der Waals surface area contributed by atoms with E-state index in [0.717, 1.165) is 11.1 Å². The fraction of sp³-hybridized carbons (Fsp3) is 0.211. The van der Waals surface area contributed by atoms with Crippen LogP contribution in [0.4, 0.5) is 4.79 Å². The van der Waals surface area contributed by atoms with Crippen LogP contribution in [-0.2, 0) is 14.3 Å². The van der Waals surface area contributed by atoms with E-state index in [1.807, 2.05) is 47.8 Å². The van der Waals surface area contributed by atoms with Crippen molar-refractivity contribution in [3.63, 3.8) is 0 Å². The second-order valence-electron chi connectivity index (χ2n) is 5.64. The Morgan fingerprint density at radius 3 is 2.26 bits per heavy atom. The van der Waals surface area contributed by atoms with E-state index in [4.69, 9.17) is 22.1 Å². The van der Waals surface area contributed by atoms with Gasteiger partial charge in [-0.25, -0.2) is 4.79 Å². The number of esters is 1. The molecule has 2 aromatic carbocycles. The summed E-state index contributed by atoms with van der Waals surface area (Å²) >= 11 is 7.33. The Bertz CT molecular complexity index is 799. The van der Waals surface area contributed by atoms with Gasteiger partial charge >= 0.3 is 12.0 Å². The van der Waals surface area contributed by atoms with Crippen molar-refractivity contribution in [1.29, 1.82) is 0 Å². The monoisotopic (exact) mass is 406 g/mol. The Morgan fingerprint density at radius 1 is 1.07 bits per heavy atom. The highest BCUT2D eigenvalue weighted by Gasteiger charge is 2.21. The van der Waals surface area contributed by atoms with Crippen LogP contribution in [0.3, 0.4) is 0 Å². The maximum Gasteiger partial charge on any atom is 0.318 e. The number of thioether (sulfide) groups is 1. The molecule has 0 heterocycles. The van der Waals surface area contributed by atoms with Gasteiger partial charge in [0.05, 0.1) is 11.0 Å². The summed E-state index contributed by atoms with van der Waals surface area (Å²) < 4.78 is 5.05. The normalized spacial score (nSPS) is 12.7. The minimum absolute atomic E-state index is 0.0242. The van der Waals surface area contributed by atoms with Gasteiger partial charge in [-0.1, -0.05) is 54.1 Å². The van der Waals surface area contributed by atoms with Gasteiger partial charge in [0.15, 0.2) is 6.10 Å². The maximum atomic E-state index is 12.1. The third-order valence-corrected chi connectivity index (χ3v) is 5.10. The molecule has 0 aliphatic rings. The summed E-state index contributed by atoms with van der Waals surface area (Å²) in [7, 11) is 0. The lowest BCUT2D eigenvalue weighted by atomic mass is 10.0. The van der Waals surface area contributed by atoms with E-state index in [2.05, 4.69) is 0 Å². The molecule has 2 aromatic rings. The molecule has 2 rings (SSSR count). The van der Waals surface area contributed by atoms with Crippen molar-refractivity contribution in [1.82, 2.24) is 5.32 Å². The zero-order valence-corrected chi connectivity index (χ0v) is 16.1. The third kappa shape index (κ3) is 6.62. The van der Waals surface area contributed by atoms with Crippen LogP contribution in [0.2, 0.25) is 5.02 Å². The van der Waals surface area contributed by atoms with Gasteiger partial charge in [0.25, 0.3) is 5.91 Å². The minimum atomic E-state index is -1.11. The number of amides is 3. The molecule has 142 valence electrons. The molecule has 3 amide bonds. The highest BCUT2D eigenvalue weighted by Crippen LogP contribution is 2.36. The second-order valence-corrected chi connectivity index (χ2v) is 7.17. The van der Waals surface area contributed by atoms with Crippen LogP contribution in [0.1, 0.15) is 23.3 Å². The van der Waals surface area contributed by atoms with Crippen molar-refractivity contribution in [2.75, 3.05) is 5.75 Å². The number of nitrogens with one attached hydrogen (secondary N) is 1. The fourth-order valence-corrected chi connectivity index (χ4v) is 3.51. The molecule has 0 aliphatic carbocycles. The van der Waals surface area contributed by atoms with Gasteiger partial charge in [0.2, 0.25) is 0 Å². The molecule has 0 radical (unpaired) electrons. The number of halogens is 1. The summed E-state index contributed by atoms with van der Waals surface area (Å²) in [5, 5.41) is 2.40. The smallest absolute Gasteiger partial charge is 0.318 e. The van der Waals surface area contributed by atoms with E-state index in [-0.39, 0.29) is 11.0 Å². The summed E-state index contributed by atoms with van der Waals surface area (Å²) in [5.41, 5.74) is 6.89. The first-order chi connectivity index (χ1) is 12.9. The van der Waals surface area contributed by atoms with Gasteiger partial charge in [-0.15, -0.1) is 11.8 Å². The van der Waals surface area contributed by atoms with Gasteiger partial charge in [-0.2, -0.15) is 0 Å². The topological polar surface area (TPSA) is 98.5 Å². The number of ether oxygens (including phenoxy) is 1. The van der Waals surface area contributed by atoms with E-state index < -0.39 is 24.0 Å². The number of hydrogen-bond acceptors (Lipinski definition) is 5. The average Bonchev–Trinajstić information content (AvgIpc) is 2.63. The quantitative estimate of drug-likeness (QED) is 0.687. The predicted octanol–water partition coefficient (Wildman–Crippen LogP) is 3.29. The molecule has 8 heteroatoms. The van der Waals surface area contributed by atoms with Crippen molar-refractivity contribution in [3.8, 4) is 0 Å². The molecule has 0 saturated heterocycles. The van der Waals surface area contributed by atoms with Gasteiger partial charge in [0.1, 0.15) is 0 Å². The number of benzene rings is 2. The highest BCUT2D eigenvalue weighted by atomic mass is 35.5. The van der Waals surface area contributed by atoms with Gasteiger partial charge < -0.3 is 10.5 Å². The molecule has 0 fully saturated rings. The van der Waals surface area contributed by atoms with Crippen molar-refractivity contribution in [2.45, 2.75) is 18.3 Å². The van der Waals surface area contributed by atoms with Crippen LogP contribution in [0.15, 0.2) is 54.6 Å². The van der Waals surface area contributed by atoms with Gasteiger partial charge in [-0.05, 0) is 30.2 Å². The van der Waals surface area contributed by atoms with Gasteiger partial charge in [-0.3, -0.25) is 14.9 Å². The van der Waals surface area contributed by atoms with E-state index in [1.165, 1.54) is 18.7 Å².